The van der Waals surface area contributed by atoms with Crippen LogP contribution in [0.2, 0.25) is 0 Å². The zero-order valence-corrected chi connectivity index (χ0v) is 13.7. The maximum atomic E-state index is 9.51. The summed E-state index contributed by atoms with van der Waals surface area (Å²) in [6, 6.07) is 14.6. The minimum absolute atomic E-state index is 0.286. The first kappa shape index (κ1) is 15.2. The molecule has 1 aliphatic rings. The van der Waals surface area contributed by atoms with Gasteiger partial charge in [0.25, 0.3) is 0 Å². The first-order chi connectivity index (χ1) is 11.8. The predicted molar refractivity (Wildman–Crippen MR) is 97.9 cm³/mol. The van der Waals surface area contributed by atoms with Crippen molar-refractivity contribution in [2.45, 2.75) is 38.3 Å². The van der Waals surface area contributed by atoms with Gasteiger partial charge < -0.3 is 10.4 Å². The molecule has 122 valence electrons. The van der Waals surface area contributed by atoms with Crippen LogP contribution in [-0.4, -0.2) is 16.1 Å². The van der Waals surface area contributed by atoms with Crippen molar-refractivity contribution in [2.75, 3.05) is 0 Å². The van der Waals surface area contributed by atoms with E-state index < -0.39 is 0 Å². The van der Waals surface area contributed by atoms with Crippen LogP contribution >= 0.6 is 0 Å². The molecule has 0 unspecified atom stereocenters. The van der Waals surface area contributed by atoms with Gasteiger partial charge in [-0.2, -0.15) is 0 Å². The van der Waals surface area contributed by atoms with Crippen molar-refractivity contribution in [3.63, 3.8) is 0 Å². The van der Waals surface area contributed by atoms with E-state index in [1.165, 1.54) is 36.6 Å². The van der Waals surface area contributed by atoms with Gasteiger partial charge in [-0.1, -0.05) is 37.1 Å². The third-order valence-corrected chi connectivity index (χ3v) is 4.95. The number of hydrogen-bond donors (Lipinski definition) is 2. The molecule has 24 heavy (non-hydrogen) atoms. The molecule has 4 rings (SSSR count). The van der Waals surface area contributed by atoms with Crippen LogP contribution in [-0.2, 0) is 6.54 Å². The van der Waals surface area contributed by atoms with Gasteiger partial charge in [-0.15, -0.1) is 0 Å². The highest BCUT2D eigenvalue weighted by atomic mass is 16.3. The Kier molecular flexibility index (Phi) is 4.18. The monoisotopic (exact) mass is 318 g/mol. The van der Waals surface area contributed by atoms with Crippen molar-refractivity contribution in [3.8, 4) is 16.9 Å². The number of hydrogen-bond acceptors (Lipinski definition) is 3. The quantitative estimate of drug-likeness (QED) is 0.736. The third kappa shape index (κ3) is 3.13. The van der Waals surface area contributed by atoms with Crippen LogP contribution < -0.4 is 5.32 Å². The molecular weight excluding hydrogens is 296 g/mol. The largest absolute Gasteiger partial charge is 0.508 e. The first-order valence-corrected chi connectivity index (χ1v) is 8.69. The van der Waals surface area contributed by atoms with Crippen LogP contribution in [0.25, 0.3) is 21.9 Å². The molecule has 3 heteroatoms. The number of phenolic OH excluding ortho intramolecular Hbond substituents is 1. The van der Waals surface area contributed by atoms with E-state index in [4.69, 9.17) is 0 Å². The number of nitrogens with zero attached hydrogens (tertiary/aromatic N) is 1. The topological polar surface area (TPSA) is 45.2 Å². The van der Waals surface area contributed by atoms with Gasteiger partial charge in [0, 0.05) is 35.9 Å². The number of aromatic nitrogens is 1. The molecule has 2 aromatic carbocycles. The lowest BCUT2D eigenvalue weighted by atomic mass is 9.99. The van der Waals surface area contributed by atoms with Crippen molar-refractivity contribution in [2.24, 2.45) is 0 Å². The fourth-order valence-electron chi connectivity index (χ4n) is 3.58. The molecule has 0 amide bonds. The summed E-state index contributed by atoms with van der Waals surface area (Å²) in [7, 11) is 0. The van der Waals surface area contributed by atoms with Crippen LogP contribution in [0, 0.1) is 0 Å². The summed E-state index contributed by atoms with van der Waals surface area (Å²) in [6.45, 7) is 0.915. The van der Waals surface area contributed by atoms with E-state index >= 15 is 0 Å². The molecule has 0 radical (unpaired) electrons. The number of benzene rings is 2. The summed E-state index contributed by atoms with van der Waals surface area (Å²) in [5.41, 5.74) is 3.49. The summed E-state index contributed by atoms with van der Waals surface area (Å²) in [6.07, 6.45) is 9.13. The second-order valence-corrected chi connectivity index (χ2v) is 6.65. The Hall–Kier alpha value is -2.39. The number of rotatable bonds is 4. The Balaban J connectivity index is 1.66. The highest BCUT2D eigenvalue weighted by molar-refractivity contribution is 5.96. The summed E-state index contributed by atoms with van der Waals surface area (Å²) >= 11 is 0. The Morgan fingerprint density at radius 3 is 2.58 bits per heavy atom. The predicted octanol–water partition coefficient (Wildman–Crippen LogP) is 4.64. The van der Waals surface area contributed by atoms with Gasteiger partial charge in [0.05, 0.1) is 0 Å². The Morgan fingerprint density at radius 2 is 1.79 bits per heavy atom. The Bertz CT molecular complexity index is 836. The highest BCUT2D eigenvalue weighted by Crippen LogP contribution is 2.29. The van der Waals surface area contributed by atoms with Crippen LogP contribution in [0.3, 0.4) is 0 Å². The molecular formula is C21H22N2O. The average molecular weight is 318 g/mol. The Morgan fingerprint density at radius 1 is 1.00 bits per heavy atom. The number of fused-ring (bicyclic) bond motifs is 1. The van der Waals surface area contributed by atoms with Gasteiger partial charge in [0.1, 0.15) is 5.75 Å². The highest BCUT2D eigenvalue weighted by Gasteiger charge is 2.14. The molecule has 3 aromatic rings. The average Bonchev–Trinajstić information content (AvgIpc) is 3.14. The maximum Gasteiger partial charge on any atom is 0.115 e. The number of pyridine rings is 1. The fraction of sp³-hybridized carbons (Fsp3) is 0.286. The van der Waals surface area contributed by atoms with E-state index in [0.717, 1.165) is 23.1 Å². The molecule has 0 saturated heterocycles. The SMILES string of the molecule is Oc1ccc(-c2cncc3ccc(CNC4CCCC4)cc23)cc1. The van der Waals surface area contributed by atoms with E-state index in [2.05, 4.69) is 28.5 Å². The minimum atomic E-state index is 0.286. The first-order valence-electron chi connectivity index (χ1n) is 8.69. The zero-order chi connectivity index (χ0) is 16.4. The van der Waals surface area contributed by atoms with Crippen molar-refractivity contribution in [1.82, 2.24) is 10.3 Å². The van der Waals surface area contributed by atoms with Gasteiger partial charge in [0.2, 0.25) is 0 Å². The van der Waals surface area contributed by atoms with Gasteiger partial charge in [-0.3, -0.25) is 4.98 Å². The molecule has 0 bridgehead atoms. The van der Waals surface area contributed by atoms with Crippen molar-refractivity contribution < 1.29 is 5.11 Å². The van der Waals surface area contributed by atoms with Gasteiger partial charge in [-0.05, 0) is 47.6 Å². The molecule has 2 N–H and O–H groups in total. The van der Waals surface area contributed by atoms with Crippen LogP contribution in [0.1, 0.15) is 31.2 Å². The van der Waals surface area contributed by atoms with Crippen LogP contribution in [0.4, 0.5) is 0 Å². The summed E-state index contributed by atoms with van der Waals surface area (Å²) < 4.78 is 0. The fourth-order valence-corrected chi connectivity index (χ4v) is 3.58. The second kappa shape index (κ2) is 6.62. The van der Waals surface area contributed by atoms with E-state index in [9.17, 15) is 5.11 Å². The molecule has 0 atom stereocenters. The third-order valence-electron chi connectivity index (χ3n) is 4.95. The van der Waals surface area contributed by atoms with Crippen molar-refractivity contribution in [1.29, 1.82) is 0 Å². The molecule has 1 heterocycles. The lowest BCUT2D eigenvalue weighted by Crippen LogP contribution is -2.25. The summed E-state index contributed by atoms with van der Waals surface area (Å²) in [5, 5.41) is 15.5. The van der Waals surface area contributed by atoms with Crippen LogP contribution in [0.15, 0.2) is 54.9 Å². The van der Waals surface area contributed by atoms with E-state index in [-0.39, 0.29) is 5.75 Å². The zero-order valence-electron chi connectivity index (χ0n) is 13.7. The molecule has 1 aromatic heterocycles. The number of aromatic hydroxyl groups is 1. The molecule has 1 fully saturated rings. The Labute approximate surface area is 142 Å². The van der Waals surface area contributed by atoms with E-state index in [1.54, 1.807) is 12.1 Å². The molecule has 0 aliphatic heterocycles. The lowest BCUT2D eigenvalue weighted by Gasteiger charge is -2.13. The van der Waals surface area contributed by atoms with E-state index in [1.807, 2.05) is 24.5 Å². The minimum Gasteiger partial charge on any atom is -0.508 e. The summed E-state index contributed by atoms with van der Waals surface area (Å²) in [5.74, 6) is 0.286. The normalized spacial score (nSPS) is 15.2. The standard InChI is InChI=1S/C21H22N2O/c24-19-9-7-16(8-10-19)21-14-22-13-17-6-5-15(11-20(17)21)12-23-18-3-1-2-4-18/h5-11,13-14,18,23-24H,1-4,12H2. The molecule has 0 spiro atoms. The maximum absolute atomic E-state index is 9.51. The number of nitrogens with one attached hydrogen (secondary N) is 1. The second-order valence-electron chi connectivity index (χ2n) is 6.65. The van der Waals surface area contributed by atoms with E-state index in [0.29, 0.717) is 6.04 Å². The molecule has 1 saturated carbocycles. The van der Waals surface area contributed by atoms with Gasteiger partial charge in [-0.25, -0.2) is 0 Å². The van der Waals surface area contributed by atoms with Gasteiger partial charge in [0.15, 0.2) is 0 Å². The van der Waals surface area contributed by atoms with Crippen LogP contribution in [0.5, 0.6) is 5.75 Å². The molecule has 3 nitrogen and oxygen atoms in total. The molecule has 1 aliphatic carbocycles. The van der Waals surface area contributed by atoms with Gasteiger partial charge >= 0.3 is 0 Å². The lowest BCUT2D eigenvalue weighted by molar-refractivity contribution is 0.475. The summed E-state index contributed by atoms with van der Waals surface area (Å²) in [4.78, 5) is 4.37. The number of phenols is 1. The van der Waals surface area contributed by atoms with Crippen molar-refractivity contribution >= 4 is 10.8 Å². The smallest absolute Gasteiger partial charge is 0.115 e. The van der Waals surface area contributed by atoms with Crippen molar-refractivity contribution in [3.05, 3.63) is 60.4 Å².